The predicted octanol–water partition coefficient (Wildman–Crippen LogP) is 1.92. The molecule has 5 nitrogen and oxygen atoms in total. The number of hydrogen-bond acceptors (Lipinski definition) is 5. The van der Waals surface area contributed by atoms with Crippen molar-refractivity contribution < 1.29 is 8.42 Å². The molecule has 1 aromatic heterocycles. The topological polar surface area (TPSA) is 53.5 Å². The first-order valence-corrected chi connectivity index (χ1v) is 10.3. The summed E-state index contributed by atoms with van der Waals surface area (Å²) in [6.07, 6.45) is 8.38. The molecule has 0 radical (unpaired) electrons. The van der Waals surface area contributed by atoms with Gasteiger partial charge in [-0.3, -0.25) is 4.90 Å². The van der Waals surface area contributed by atoms with Gasteiger partial charge in [0.2, 0.25) is 10.0 Å². The van der Waals surface area contributed by atoms with Crippen LogP contribution in [-0.2, 0) is 16.6 Å². The number of piperidine rings is 2. The fourth-order valence-corrected chi connectivity index (χ4v) is 5.92. The maximum atomic E-state index is 12.2. The Bertz CT molecular complexity index is 569. The Balaban J connectivity index is 1.79. The van der Waals surface area contributed by atoms with Crippen LogP contribution in [0.3, 0.4) is 0 Å². The van der Waals surface area contributed by atoms with E-state index in [1.54, 1.807) is 15.6 Å². The Kier molecular flexibility index (Phi) is 4.36. The summed E-state index contributed by atoms with van der Waals surface area (Å²) < 4.78 is 26.2. The average Bonchev–Trinajstić information content (AvgIpc) is 2.91. The molecule has 21 heavy (non-hydrogen) atoms. The fraction of sp³-hybridized carbons (Fsp3) is 0.786. The molecule has 0 amide bonds. The normalized spacial score (nSPS) is 29.0. The fourth-order valence-electron chi connectivity index (χ4n) is 3.86. The lowest BCUT2D eigenvalue weighted by atomic mass is 9.81. The first kappa shape index (κ1) is 15.4. The molecule has 1 aromatic rings. The lowest BCUT2D eigenvalue weighted by Gasteiger charge is -2.50. The van der Waals surface area contributed by atoms with Crippen molar-refractivity contribution in [3.05, 3.63) is 16.6 Å². The van der Waals surface area contributed by atoms with E-state index in [0.717, 1.165) is 56.7 Å². The van der Waals surface area contributed by atoms with Crippen LogP contribution >= 0.6 is 11.3 Å². The summed E-state index contributed by atoms with van der Waals surface area (Å²) in [5, 5.41) is 3.12. The third-order valence-electron chi connectivity index (χ3n) is 4.66. The molecule has 0 unspecified atom stereocenters. The number of sulfonamides is 1. The van der Waals surface area contributed by atoms with Gasteiger partial charge < -0.3 is 0 Å². The molecule has 0 aliphatic carbocycles. The highest BCUT2D eigenvalue weighted by molar-refractivity contribution is 7.88. The summed E-state index contributed by atoms with van der Waals surface area (Å²) in [5.74, 6) is 0. The van der Waals surface area contributed by atoms with E-state index in [1.165, 1.54) is 6.26 Å². The van der Waals surface area contributed by atoms with E-state index < -0.39 is 10.0 Å². The zero-order chi connectivity index (χ0) is 14.9. The third-order valence-corrected chi connectivity index (χ3v) is 6.79. The lowest BCUT2D eigenvalue weighted by Crippen LogP contribution is -2.61. The van der Waals surface area contributed by atoms with E-state index in [1.807, 2.05) is 11.6 Å². The van der Waals surface area contributed by atoms with Gasteiger partial charge >= 0.3 is 0 Å². The summed E-state index contributed by atoms with van der Waals surface area (Å²) in [6.45, 7) is 3.42. The Morgan fingerprint density at radius 1 is 1.29 bits per heavy atom. The summed E-state index contributed by atoms with van der Waals surface area (Å²) >= 11 is 1.67. The minimum atomic E-state index is -3.13. The van der Waals surface area contributed by atoms with Crippen LogP contribution in [0, 0.1) is 0 Å². The molecule has 0 N–H and O–H groups in total. The SMILES string of the molecule is CS(=O)(=O)N1CCCC[C@]12CCCN(Cc1nccs1)C2. The summed E-state index contributed by atoms with van der Waals surface area (Å²) in [5.41, 5.74) is -0.179. The van der Waals surface area contributed by atoms with Crippen molar-refractivity contribution in [2.45, 2.75) is 44.2 Å². The van der Waals surface area contributed by atoms with Crippen molar-refractivity contribution in [3.8, 4) is 0 Å². The molecule has 0 saturated carbocycles. The van der Waals surface area contributed by atoms with Crippen molar-refractivity contribution in [2.75, 3.05) is 25.9 Å². The van der Waals surface area contributed by atoms with Gasteiger partial charge in [0, 0.05) is 30.2 Å². The van der Waals surface area contributed by atoms with Crippen molar-refractivity contribution in [3.63, 3.8) is 0 Å². The van der Waals surface area contributed by atoms with Crippen LogP contribution in [0.2, 0.25) is 0 Å². The van der Waals surface area contributed by atoms with Crippen LogP contribution in [0.25, 0.3) is 0 Å². The number of rotatable bonds is 3. The maximum absolute atomic E-state index is 12.2. The molecule has 2 fully saturated rings. The molecule has 2 aliphatic heterocycles. The smallest absolute Gasteiger partial charge is 0.211 e. The number of nitrogens with zero attached hydrogens (tertiary/aromatic N) is 3. The second kappa shape index (κ2) is 5.95. The molecule has 1 atom stereocenters. The average molecular weight is 329 g/mol. The van der Waals surface area contributed by atoms with E-state index in [0.29, 0.717) is 6.54 Å². The zero-order valence-corrected chi connectivity index (χ0v) is 14.1. The van der Waals surface area contributed by atoms with Gasteiger partial charge in [-0.15, -0.1) is 11.3 Å². The first-order valence-electron chi connectivity index (χ1n) is 7.58. The summed E-state index contributed by atoms with van der Waals surface area (Å²) in [6, 6.07) is 0. The van der Waals surface area contributed by atoms with Crippen molar-refractivity contribution in [1.82, 2.24) is 14.2 Å². The van der Waals surface area contributed by atoms with Crippen LogP contribution in [0.15, 0.2) is 11.6 Å². The molecule has 7 heteroatoms. The van der Waals surface area contributed by atoms with Gasteiger partial charge in [0.1, 0.15) is 5.01 Å². The molecule has 118 valence electrons. The number of likely N-dealkylation sites (tertiary alicyclic amines) is 1. The highest BCUT2D eigenvalue weighted by Gasteiger charge is 2.46. The zero-order valence-electron chi connectivity index (χ0n) is 12.5. The van der Waals surface area contributed by atoms with Gasteiger partial charge in [-0.05, 0) is 32.2 Å². The first-order chi connectivity index (χ1) is 10.00. The molecular weight excluding hydrogens is 306 g/mol. The Morgan fingerprint density at radius 3 is 2.81 bits per heavy atom. The predicted molar refractivity (Wildman–Crippen MR) is 84.8 cm³/mol. The Morgan fingerprint density at radius 2 is 2.10 bits per heavy atom. The molecule has 3 rings (SSSR count). The number of hydrogen-bond donors (Lipinski definition) is 0. The third kappa shape index (κ3) is 3.31. The highest BCUT2D eigenvalue weighted by atomic mass is 32.2. The standard InChI is InChI=1S/C14H23N3O2S2/c1-21(18,19)17-9-3-2-5-14(17)6-4-8-16(12-14)11-13-15-7-10-20-13/h7,10H,2-6,8-9,11-12H2,1H3/t14-/m1/s1. The second-order valence-electron chi connectivity index (χ2n) is 6.26. The quantitative estimate of drug-likeness (QED) is 0.850. The maximum Gasteiger partial charge on any atom is 0.211 e. The van der Waals surface area contributed by atoms with Crippen LogP contribution in [0.4, 0.5) is 0 Å². The van der Waals surface area contributed by atoms with Crippen molar-refractivity contribution in [1.29, 1.82) is 0 Å². The summed E-state index contributed by atoms with van der Waals surface area (Å²) in [7, 11) is -3.13. The molecule has 0 bridgehead atoms. The van der Waals surface area contributed by atoms with Gasteiger partial charge in [-0.25, -0.2) is 13.4 Å². The Hall–Kier alpha value is -0.500. The molecule has 2 saturated heterocycles. The molecule has 2 aliphatic rings. The Labute approximate surface area is 131 Å². The van der Waals surface area contributed by atoms with Crippen LogP contribution in [0.5, 0.6) is 0 Å². The van der Waals surface area contributed by atoms with E-state index in [9.17, 15) is 8.42 Å². The number of aromatic nitrogens is 1. The van der Waals surface area contributed by atoms with Gasteiger partial charge in [0.15, 0.2) is 0 Å². The summed E-state index contributed by atoms with van der Waals surface area (Å²) in [4.78, 5) is 6.74. The molecule has 3 heterocycles. The minimum Gasteiger partial charge on any atom is -0.295 e. The lowest BCUT2D eigenvalue weighted by molar-refractivity contribution is 0.0336. The van der Waals surface area contributed by atoms with E-state index in [2.05, 4.69) is 9.88 Å². The van der Waals surface area contributed by atoms with Crippen LogP contribution < -0.4 is 0 Å². The highest BCUT2D eigenvalue weighted by Crippen LogP contribution is 2.38. The second-order valence-corrected chi connectivity index (χ2v) is 9.14. The number of thiazole rings is 1. The van der Waals surface area contributed by atoms with Crippen LogP contribution in [0.1, 0.15) is 37.1 Å². The molecule has 0 aromatic carbocycles. The van der Waals surface area contributed by atoms with Gasteiger partial charge in [0.05, 0.1) is 12.8 Å². The monoisotopic (exact) mass is 329 g/mol. The largest absolute Gasteiger partial charge is 0.295 e. The van der Waals surface area contributed by atoms with Crippen LogP contribution in [-0.4, -0.2) is 54.0 Å². The van der Waals surface area contributed by atoms with E-state index in [4.69, 9.17) is 0 Å². The van der Waals surface area contributed by atoms with Gasteiger partial charge in [-0.2, -0.15) is 4.31 Å². The molecular formula is C14H23N3O2S2. The van der Waals surface area contributed by atoms with Gasteiger partial charge in [0.25, 0.3) is 0 Å². The van der Waals surface area contributed by atoms with E-state index in [-0.39, 0.29) is 5.54 Å². The van der Waals surface area contributed by atoms with Gasteiger partial charge in [-0.1, -0.05) is 6.42 Å². The van der Waals surface area contributed by atoms with E-state index >= 15 is 0 Å². The molecule has 1 spiro atoms. The minimum absolute atomic E-state index is 0.179. The van der Waals surface area contributed by atoms with Crippen molar-refractivity contribution in [2.24, 2.45) is 0 Å². The van der Waals surface area contributed by atoms with Crippen molar-refractivity contribution >= 4 is 21.4 Å².